The number of amides is 2. The molecule has 2 aliphatic rings. The van der Waals surface area contributed by atoms with Crippen molar-refractivity contribution in [3.8, 4) is 0 Å². The number of hydrogen-bond acceptors (Lipinski definition) is 5. The lowest BCUT2D eigenvalue weighted by molar-refractivity contribution is 0.0973. The largest absolute Gasteiger partial charge is 0.418 e. The second-order valence-electron chi connectivity index (χ2n) is 6.65. The van der Waals surface area contributed by atoms with Gasteiger partial charge in [-0.15, -0.1) is 0 Å². The van der Waals surface area contributed by atoms with E-state index < -0.39 is 12.2 Å². The van der Waals surface area contributed by atoms with Crippen LogP contribution in [0.5, 0.6) is 0 Å². The van der Waals surface area contributed by atoms with Gasteiger partial charge in [-0.25, -0.2) is 9.59 Å². The van der Waals surface area contributed by atoms with Gasteiger partial charge in [0.2, 0.25) is 0 Å². The monoisotopic (exact) mass is 354 g/mol. The minimum Gasteiger partial charge on any atom is -0.367 e. The molecule has 0 unspecified atom stereocenters. The Hall–Kier alpha value is -2.83. The van der Waals surface area contributed by atoms with Crippen molar-refractivity contribution in [1.82, 2.24) is 14.8 Å². The van der Waals surface area contributed by atoms with E-state index in [0.717, 1.165) is 29.4 Å². The van der Waals surface area contributed by atoms with Crippen LogP contribution >= 0.6 is 0 Å². The van der Waals surface area contributed by atoms with Crippen LogP contribution in [-0.4, -0.2) is 66.2 Å². The summed E-state index contributed by atoms with van der Waals surface area (Å²) in [4.78, 5) is 34.1. The Labute approximate surface area is 152 Å². The number of fused-ring (bicyclic) bond motifs is 1. The third-order valence-corrected chi connectivity index (χ3v) is 5.04. The number of pyridine rings is 1. The first-order valence-electron chi connectivity index (χ1n) is 9.07. The molecule has 2 amide bonds. The SMILES string of the molecule is O=C(OC(=O)N1CCN(c2ccnc3ccccc23)CC1)N1CCCC1. The van der Waals surface area contributed by atoms with Crippen LogP contribution in [0.2, 0.25) is 0 Å². The molecule has 0 saturated carbocycles. The average Bonchev–Trinajstić information content (AvgIpc) is 3.23. The molecule has 2 aliphatic heterocycles. The van der Waals surface area contributed by atoms with E-state index in [1.165, 1.54) is 0 Å². The van der Waals surface area contributed by atoms with Gasteiger partial charge >= 0.3 is 12.2 Å². The summed E-state index contributed by atoms with van der Waals surface area (Å²) in [5.74, 6) is 0. The molecule has 1 aromatic heterocycles. The number of carbonyl (C=O) groups excluding carboxylic acids is 2. The summed E-state index contributed by atoms with van der Waals surface area (Å²) in [7, 11) is 0. The molecule has 0 N–H and O–H groups in total. The fourth-order valence-electron chi connectivity index (χ4n) is 3.59. The Morgan fingerprint density at radius 2 is 1.50 bits per heavy atom. The van der Waals surface area contributed by atoms with Crippen molar-refractivity contribution in [3.05, 3.63) is 36.5 Å². The van der Waals surface area contributed by atoms with Crippen LogP contribution in [0.4, 0.5) is 15.3 Å². The van der Waals surface area contributed by atoms with Crippen molar-refractivity contribution in [2.75, 3.05) is 44.2 Å². The Balaban J connectivity index is 1.37. The molecule has 2 fully saturated rings. The molecule has 0 aliphatic carbocycles. The van der Waals surface area contributed by atoms with E-state index in [2.05, 4.69) is 16.0 Å². The van der Waals surface area contributed by atoms with Crippen molar-refractivity contribution in [2.45, 2.75) is 12.8 Å². The van der Waals surface area contributed by atoms with E-state index in [-0.39, 0.29) is 0 Å². The van der Waals surface area contributed by atoms with Crippen LogP contribution in [0.3, 0.4) is 0 Å². The summed E-state index contributed by atoms with van der Waals surface area (Å²) >= 11 is 0. The van der Waals surface area contributed by atoms with Gasteiger partial charge in [-0.3, -0.25) is 4.98 Å². The topological polar surface area (TPSA) is 66.0 Å². The van der Waals surface area contributed by atoms with Crippen molar-refractivity contribution in [3.63, 3.8) is 0 Å². The number of ether oxygens (including phenoxy) is 1. The highest BCUT2D eigenvalue weighted by atomic mass is 16.6. The summed E-state index contributed by atoms with van der Waals surface area (Å²) in [5, 5.41) is 1.11. The van der Waals surface area contributed by atoms with Gasteiger partial charge in [0, 0.05) is 56.5 Å². The average molecular weight is 354 g/mol. The number of piperazine rings is 1. The van der Waals surface area contributed by atoms with E-state index in [1.807, 2.05) is 30.5 Å². The molecule has 3 heterocycles. The predicted molar refractivity (Wildman–Crippen MR) is 98.2 cm³/mol. The van der Waals surface area contributed by atoms with Crippen LogP contribution in [0, 0.1) is 0 Å². The summed E-state index contributed by atoms with van der Waals surface area (Å²) < 4.78 is 5.03. The Morgan fingerprint density at radius 1 is 0.846 bits per heavy atom. The number of para-hydroxylation sites is 1. The van der Waals surface area contributed by atoms with Gasteiger partial charge < -0.3 is 19.4 Å². The van der Waals surface area contributed by atoms with E-state index in [0.29, 0.717) is 39.3 Å². The van der Waals surface area contributed by atoms with Crippen LogP contribution in [0.15, 0.2) is 36.5 Å². The highest BCUT2D eigenvalue weighted by Crippen LogP contribution is 2.26. The van der Waals surface area contributed by atoms with Gasteiger partial charge in [-0.1, -0.05) is 18.2 Å². The van der Waals surface area contributed by atoms with Crippen LogP contribution in [0.1, 0.15) is 12.8 Å². The Bertz CT molecular complexity index is 806. The fourth-order valence-corrected chi connectivity index (χ4v) is 3.59. The van der Waals surface area contributed by atoms with Crippen molar-refractivity contribution in [1.29, 1.82) is 0 Å². The summed E-state index contributed by atoms with van der Waals surface area (Å²) in [6.45, 7) is 3.80. The molecule has 4 rings (SSSR count). The zero-order valence-electron chi connectivity index (χ0n) is 14.6. The number of likely N-dealkylation sites (tertiary alicyclic amines) is 1. The zero-order chi connectivity index (χ0) is 17.9. The molecule has 0 atom stereocenters. The highest BCUT2D eigenvalue weighted by molar-refractivity contribution is 5.91. The van der Waals surface area contributed by atoms with Crippen molar-refractivity contribution in [2.24, 2.45) is 0 Å². The zero-order valence-corrected chi connectivity index (χ0v) is 14.6. The molecule has 2 aromatic rings. The number of carbonyl (C=O) groups is 2. The summed E-state index contributed by atoms with van der Waals surface area (Å²) in [6, 6.07) is 10.0. The van der Waals surface area contributed by atoms with E-state index in [1.54, 1.807) is 9.80 Å². The standard InChI is InChI=1S/C19H22N4O3/c24-18(22-9-3-4-10-22)26-19(25)23-13-11-21(12-14-23)17-7-8-20-16-6-2-1-5-15(16)17/h1-2,5-8H,3-4,9-14H2. The summed E-state index contributed by atoms with van der Waals surface area (Å²) in [5.41, 5.74) is 2.08. The molecule has 7 nitrogen and oxygen atoms in total. The predicted octanol–water partition coefficient (Wildman–Crippen LogP) is 2.71. The second-order valence-corrected chi connectivity index (χ2v) is 6.65. The van der Waals surface area contributed by atoms with Crippen LogP contribution in [-0.2, 0) is 4.74 Å². The third kappa shape index (κ3) is 3.29. The minimum atomic E-state index is -0.541. The number of benzene rings is 1. The number of anilines is 1. The molecule has 7 heteroatoms. The van der Waals surface area contributed by atoms with Gasteiger partial charge in [0.05, 0.1) is 5.52 Å². The first-order chi connectivity index (χ1) is 12.7. The Morgan fingerprint density at radius 3 is 2.23 bits per heavy atom. The number of rotatable bonds is 1. The molecule has 0 bridgehead atoms. The van der Waals surface area contributed by atoms with Gasteiger partial charge in [0.1, 0.15) is 0 Å². The van der Waals surface area contributed by atoms with Gasteiger partial charge in [-0.05, 0) is 25.0 Å². The highest BCUT2D eigenvalue weighted by Gasteiger charge is 2.27. The molecule has 136 valence electrons. The normalized spacial score (nSPS) is 17.6. The first kappa shape index (κ1) is 16.6. The number of nitrogens with zero attached hydrogens (tertiary/aromatic N) is 4. The van der Waals surface area contributed by atoms with Crippen molar-refractivity contribution < 1.29 is 14.3 Å². The molecular weight excluding hydrogens is 332 g/mol. The molecular formula is C19H22N4O3. The van der Waals surface area contributed by atoms with Crippen LogP contribution in [0.25, 0.3) is 10.9 Å². The number of hydrogen-bond donors (Lipinski definition) is 0. The lowest BCUT2D eigenvalue weighted by atomic mass is 10.1. The Kier molecular flexibility index (Phi) is 4.60. The van der Waals surface area contributed by atoms with E-state index >= 15 is 0 Å². The van der Waals surface area contributed by atoms with E-state index in [4.69, 9.17) is 4.74 Å². The lowest BCUT2D eigenvalue weighted by Crippen LogP contribution is -2.50. The first-order valence-corrected chi connectivity index (χ1v) is 9.07. The maximum absolute atomic E-state index is 12.2. The quantitative estimate of drug-likeness (QED) is 0.737. The van der Waals surface area contributed by atoms with Gasteiger partial charge in [0.25, 0.3) is 0 Å². The second kappa shape index (κ2) is 7.19. The number of aromatic nitrogens is 1. The summed E-state index contributed by atoms with van der Waals surface area (Å²) in [6.07, 6.45) is 2.70. The maximum Gasteiger partial charge on any atom is 0.418 e. The van der Waals surface area contributed by atoms with Gasteiger partial charge in [-0.2, -0.15) is 0 Å². The molecule has 0 spiro atoms. The lowest BCUT2D eigenvalue weighted by Gasteiger charge is -2.35. The molecule has 1 aromatic carbocycles. The fraction of sp³-hybridized carbons (Fsp3) is 0.421. The third-order valence-electron chi connectivity index (χ3n) is 5.04. The molecule has 26 heavy (non-hydrogen) atoms. The van der Waals surface area contributed by atoms with Gasteiger partial charge in [0.15, 0.2) is 0 Å². The molecule has 2 saturated heterocycles. The smallest absolute Gasteiger partial charge is 0.367 e. The van der Waals surface area contributed by atoms with Crippen molar-refractivity contribution >= 4 is 28.8 Å². The van der Waals surface area contributed by atoms with E-state index in [9.17, 15) is 9.59 Å². The van der Waals surface area contributed by atoms with Crippen LogP contribution < -0.4 is 4.90 Å². The minimum absolute atomic E-state index is 0.518. The maximum atomic E-state index is 12.2. The molecule has 0 radical (unpaired) electrons.